The normalized spacial score (nSPS) is 10.4. The summed E-state index contributed by atoms with van der Waals surface area (Å²) in [5.74, 6) is 0.803. The molecule has 0 atom stereocenters. The van der Waals surface area contributed by atoms with E-state index in [2.05, 4.69) is 10.3 Å². The van der Waals surface area contributed by atoms with Gasteiger partial charge in [-0.3, -0.25) is 4.79 Å². The summed E-state index contributed by atoms with van der Waals surface area (Å²) in [6, 6.07) is 17.0. The zero-order valence-corrected chi connectivity index (χ0v) is 12.4. The summed E-state index contributed by atoms with van der Waals surface area (Å²) in [5, 5.41) is 2.93. The molecule has 0 unspecified atom stereocenters. The Morgan fingerprint density at radius 2 is 1.82 bits per heavy atom. The van der Waals surface area contributed by atoms with Crippen LogP contribution in [-0.4, -0.2) is 15.5 Å². The van der Waals surface area contributed by atoms with Crippen LogP contribution in [0.4, 0.5) is 5.69 Å². The van der Waals surface area contributed by atoms with Crippen LogP contribution >= 0.6 is 0 Å². The molecule has 1 aromatic heterocycles. The van der Waals surface area contributed by atoms with Gasteiger partial charge in [-0.25, -0.2) is 4.98 Å². The molecule has 0 spiro atoms. The van der Waals surface area contributed by atoms with E-state index in [-0.39, 0.29) is 5.91 Å². The molecule has 0 radical (unpaired) electrons. The smallest absolute Gasteiger partial charge is 0.257 e. The molecular weight excluding hydrogens is 274 g/mol. The number of imidazole rings is 1. The molecule has 1 heterocycles. The first-order valence-corrected chi connectivity index (χ1v) is 7.27. The molecule has 3 rings (SSSR count). The summed E-state index contributed by atoms with van der Waals surface area (Å²) >= 11 is 0. The number of benzene rings is 2. The van der Waals surface area contributed by atoms with Gasteiger partial charge in [-0.1, -0.05) is 37.3 Å². The number of anilines is 1. The molecule has 0 aliphatic carbocycles. The lowest BCUT2D eigenvalue weighted by Crippen LogP contribution is -2.15. The average Bonchev–Trinajstić information content (AvgIpc) is 3.04. The van der Waals surface area contributed by atoms with Gasteiger partial charge < -0.3 is 9.88 Å². The topological polar surface area (TPSA) is 46.9 Å². The number of nitrogens with zero attached hydrogens (tertiary/aromatic N) is 2. The standard InChI is InChI=1S/C18H17N3O/c1-2-17-19-12-13-21(17)16-11-7-6-10-15(16)18(22)20-14-8-4-3-5-9-14/h3-13H,2H2,1H3,(H,20,22). The molecule has 4 nitrogen and oxygen atoms in total. The van der Waals surface area contributed by atoms with Crippen LogP contribution in [0.15, 0.2) is 67.0 Å². The Labute approximate surface area is 129 Å². The lowest BCUT2D eigenvalue weighted by Gasteiger charge is -2.12. The second-order valence-electron chi connectivity index (χ2n) is 4.90. The monoisotopic (exact) mass is 291 g/mol. The second kappa shape index (κ2) is 6.26. The first kappa shape index (κ1) is 14.1. The van der Waals surface area contributed by atoms with Crippen LogP contribution in [0.3, 0.4) is 0 Å². The van der Waals surface area contributed by atoms with E-state index in [0.717, 1.165) is 23.6 Å². The number of carbonyl (C=O) groups is 1. The average molecular weight is 291 g/mol. The minimum atomic E-state index is -0.127. The highest BCUT2D eigenvalue weighted by Crippen LogP contribution is 2.18. The summed E-state index contributed by atoms with van der Waals surface area (Å²) in [6.07, 6.45) is 4.44. The van der Waals surface area contributed by atoms with Crippen molar-refractivity contribution in [2.75, 3.05) is 5.32 Å². The number of aryl methyl sites for hydroxylation is 1. The molecule has 0 saturated heterocycles. The van der Waals surface area contributed by atoms with Crippen LogP contribution in [-0.2, 0) is 6.42 Å². The highest BCUT2D eigenvalue weighted by atomic mass is 16.1. The van der Waals surface area contributed by atoms with Gasteiger partial charge in [0.1, 0.15) is 5.82 Å². The fraction of sp³-hybridized carbons (Fsp3) is 0.111. The van der Waals surface area contributed by atoms with E-state index in [4.69, 9.17) is 0 Å². The Kier molecular flexibility index (Phi) is 4.01. The summed E-state index contributed by atoms with van der Waals surface area (Å²) < 4.78 is 1.96. The van der Waals surface area contributed by atoms with E-state index in [1.165, 1.54) is 0 Å². The quantitative estimate of drug-likeness (QED) is 0.797. The highest BCUT2D eigenvalue weighted by Gasteiger charge is 2.14. The fourth-order valence-corrected chi connectivity index (χ4v) is 2.41. The van der Waals surface area contributed by atoms with Crippen molar-refractivity contribution in [3.63, 3.8) is 0 Å². The molecule has 0 aliphatic heterocycles. The third-order valence-corrected chi connectivity index (χ3v) is 3.47. The zero-order valence-electron chi connectivity index (χ0n) is 12.4. The Morgan fingerprint density at radius 3 is 2.59 bits per heavy atom. The summed E-state index contributed by atoms with van der Waals surface area (Å²) in [6.45, 7) is 2.05. The van der Waals surface area contributed by atoms with E-state index in [9.17, 15) is 4.79 Å². The van der Waals surface area contributed by atoms with Crippen LogP contribution in [0.1, 0.15) is 23.1 Å². The van der Waals surface area contributed by atoms with Gasteiger partial charge in [0.2, 0.25) is 0 Å². The lowest BCUT2D eigenvalue weighted by molar-refractivity contribution is 0.102. The maximum Gasteiger partial charge on any atom is 0.257 e. The Hall–Kier alpha value is -2.88. The minimum Gasteiger partial charge on any atom is -0.322 e. The predicted octanol–water partition coefficient (Wildman–Crippen LogP) is 3.69. The number of hydrogen-bond acceptors (Lipinski definition) is 2. The molecule has 0 aliphatic rings. The maximum atomic E-state index is 12.6. The minimum absolute atomic E-state index is 0.127. The van der Waals surface area contributed by atoms with Crippen molar-refractivity contribution in [3.8, 4) is 5.69 Å². The van der Waals surface area contributed by atoms with Gasteiger partial charge in [0.05, 0.1) is 11.3 Å². The zero-order chi connectivity index (χ0) is 15.4. The summed E-state index contributed by atoms with van der Waals surface area (Å²) in [5.41, 5.74) is 2.24. The number of amides is 1. The van der Waals surface area contributed by atoms with Gasteiger partial charge in [0.25, 0.3) is 5.91 Å². The van der Waals surface area contributed by atoms with E-state index in [0.29, 0.717) is 5.56 Å². The SMILES string of the molecule is CCc1nccn1-c1ccccc1C(=O)Nc1ccccc1. The van der Waals surface area contributed by atoms with E-state index < -0.39 is 0 Å². The van der Waals surface area contributed by atoms with Crippen molar-refractivity contribution in [2.45, 2.75) is 13.3 Å². The number of rotatable bonds is 4. The maximum absolute atomic E-state index is 12.6. The number of hydrogen-bond donors (Lipinski definition) is 1. The molecule has 1 amide bonds. The van der Waals surface area contributed by atoms with Crippen LogP contribution in [0, 0.1) is 0 Å². The van der Waals surface area contributed by atoms with Gasteiger partial charge in [0.15, 0.2) is 0 Å². The number of aromatic nitrogens is 2. The molecule has 22 heavy (non-hydrogen) atoms. The third-order valence-electron chi connectivity index (χ3n) is 3.47. The fourth-order valence-electron chi connectivity index (χ4n) is 2.41. The van der Waals surface area contributed by atoms with Crippen LogP contribution in [0.25, 0.3) is 5.69 Å². The third kappa shape index (κ3) is 2.76. The van der Waals surface area contributed by atoms with Gasteiger partial charge in [-0.15, -0.1) is 0 Å². The molecule has 110 valence electrons. The van der Waals surface area contributed by atoms with Crippen molar-refractivity contribution in [1.82, 2.24) is 9.55 Å². The van der Waals surface area contributed by atoms with Gasteiger partial charge in [-0.2, -0.15) is 0 Å². The van der Waals surface area contributed by atoms with Crippen LogP contribution in [0.2, 0.25) is 0 Å². The Bertz CT molecular complexity index is 778. The van der Waals surface area contributed by atoms with E-state index in [1.807, 2.05) is 72.3 Å². The second-order valence-corrected chi connectivity index (χ2v) is 4.90. The molecule has 4 heteroatoms. The molecule has 0 saturated carbocycles. The Balaban J connectivity index is 1.96. The van der Waals surface area contributed by atoms with Crippen molar-refractivity contribution in [3.05, 3.63) is 78.4 Å². The van der Waals surface area contributed by atoms with Crippen molar-refractivity contribution >= 4 is 11.6 Å². The summed E-state index contributed by atoms with van der Waals surface area (Å²) in [4.78, 5) is 16.9. The van der Waals surface area contributed by atoms with Gasteiger partial charge >= 0.3 is 0 Å². The predicted molar refractivity (Wildman–Crippen MR) is 87.3 cm³/mol. The first-order valence-electron chi connectivity index (χ1n) is 7.27. The highest BCUT2D eigenvalue weighted by molar-refractivity contribution is 6.06. The van der Waals surface area contributed by atoms with Crippen molar-refractivity contribution in [1.29, 1.82) is 0 Å². The number of nitrogens with one attached hydrogen (secondary N) is 1. The van der Waals surface area contributed by atoms with E-state index in [1.54, 1.807) is 6.20 Å². The molecule has 0 bridgehead atoms. The number of para-hydroxylation sites is 2. The van der Waals surface area contributed by atoms with Crippen molar-refractivity contribution < 1.29 is 4.79 Å². The van der Waals surface area contributed by atoms with Crippen LogP contribution < -0.4 is 5.32 Å². The molecule has 2 aromatic carbocycles. The van der Waals surface area contributed by atoms with E-state index >= 15 is 0 Å². The first-order chi connectivity index (χ1) is 10.8. The van der Waals surface area contributed by atoms with Gasteiger partial charge in [0, 0.05) is 24.5 Å². The van der Waals surface area contributed by atoms with Crippen molar-refractivity contribution in [2.24, 2.45) is 0 Å². The molecule has 0 fully saturated rings. The van der Waals surface area contributed by atoms with Gasteiger partial charge in [-0.05, 0) is 24.3 Å². The molecular formula is C18H17N3O. The largest absolute Gasteiger partial charge is 0.322 e. The Morgan fingerprint density at radius 1 is 1.09 bits per heavy atom. The molecule has 3 aromatic rings. The van der Waals surface area contributed by atoms with Crippen LogP contribution in [0.5, 0.6) is 0 Å². The lowest BCUT2D eigenvalue weighted by atomic mass is 10.1. The molecule has 1 N–H and O–H groups in total. The summed E-state index contributed by atoms with van der Waals surface area (Å²) in [7, 11) is 0. The number of carbonyl (C=O) groups excluding carboxylic acids is 1.